The lowest BCUT2D eigenvalue weighted by molar-refractivity contribution is -0.293. The van der Waals surface area contributed by atoms with Crippen molar-refractivity contribution < 1.29 is 9.63 Å². The lowest BCUT2D eigenvalue weighted by atomic mass is 9.74. The number of hydrogen-bond acceptors (Lipinski definition) is 3. The number of nitrogens with one attached hydrogen (secondary N) is 1. The second-order valence-corrected chi connectivity index (χ2v) is 8.47. The number of rotatable bonds is 8. The number of hydroxylamine groups is 2. The molecular weight excluding hydrogens is 336 g/mol. The van der Waals surface area contributed by atoms with Gasteiger partial charge in [-0.25, -0.2) is 0 Å². The van der Waals surface area contributed by atoms with E-state index in [0.717, 1.165) is 32.1 Å². The van der Waals surface area contributed by atoms with Crippen LogP contribution in [0.15, 0.2) is 42.5 Å². The minimum Gasteiger partial charge on any atom is -0.349 e. The normalized spacial score (nSPS) is 21.6. The monoisotopic (exact) mass is 372 g/mol. The molecule has 4 heteroatoms. The molecular formula is C23H36N2O2. The van der Waals surface area contributed by atoms with E-state index in [1.165, 1.54) is 5.56 Å². The highest BCUT2D eigenvalue weighted by molar-refractivity contribution is 5.92. The lowest BCUT2D eigenvalue weighted by Gasteiger charge is -2.56. The van der Waals surface area contributed by atoms with E-state index in [1.54, 1.807) is 6.92 Å². The Labute approximate surface area is 164 Å². The van der Waals surface area contributed by atoms with Crippen molar-refractivity contribution >= 4 is 5.91 Å². The number of piperidine rings is 1. The fourth-order valence-electron chi connectivity index (χ4n) is 4.39. The molecule has 1 atom stereocenters. The second-order valence-electron chi connectivity index (χ2n) is 8.47. The molecule has 1 aliphatic heterocycles. The van der Waals surface area contributed by atoms with Crippen molar-refractivity contribution in [3.63, 3.8) is 0 Å². The van der Waals surface area contributed by atoms with Crippen LogP contribution in [0.1, 0.15) is 65.9 Å². The SMILES string of the molecule is C=C(C)C(=O)NC1CC(C)(C)N(OCCc2ccccc2)C(CC)(CC)C1. The van der Waals surface area contributed by atoms with Crippen LogP contribution < -0.4 is 5.32 Å². The van der Waals surface area contributed by atoms with Crippen LogP contribution >= 0.6 is 0 Å². The van der Waals surface area contributed by atoms with E-state index in [-0.39, 0.29) is 23.0 Å². The number of carbonyl (C=O) groups excluding carboxylic acids is 1. The van der Waals surface area contributed by atoms with Crippen molar-refractivity contribution in [3.8, 4) is 0 Å². The maximum absolute atomic E-state index is 12.2. The molecule has 0 bridgehead atoms. The van der Waals surface area contributed by atoms with Gasteiger partial charge >= 0.3 is 0 Å². The van der Waals surface area contributed by atoms with Gasteiger partial charge in [-0.3, -0.25) is 9.63 Å². The van der Waals surface area contributed by atoms with Gasteiger partial charge in [0, 0.05) is 22.7 Å². The molecule has 2 rings (SSSR count). The number of benzene rings is 1. The van der Waals surface area contributed by atoms with Gasteiger partial charge in [-0.1, -0.05) is 50.8 Å². The standard InChI is InChI=1S/C23H36N2O2/c1-7-23(8-2)17-20(24-21(26)18(3)4)16-22(5,6)25(23)27-15-14-19-12-10-9-11-13-19/h9-13,20H,3,7-8,14-17H2,1-2,4-6H3,(H,24,26). The summed E-state index contributed by atoms with van der Waals surface area (Å²) < 4.78 is 0. The summed E-state index contributed by atoms with van der Waals surface area (Å²) in [5.41, 5.74) is 1.62. The van der Waals surface area contributed by atoms with Crippen LogP contribution in [-0.2, 0) is 16.1 Å². The first-order valence-corrected chi connectivity index (χ1v) is 10.2. The van der Waals surface area contributed by atoms with Gasteiger partial charge in [0.25, 0.3) is 0 Å². The third kappa shape index (κ3) is 5.20. The van der Waals surface area contributed by atoms with E-state index in [0.29, 0.717) is 12.2 Å². The number of carbonyl (C=O) groups is 1. The predicted octanol–water partition coefficient (Wildman–Crippen LogP) is 4.65. The number of amides is 1. The van der Waals surface area contributed by atoms with E-state index in [1.807, 2.05) is 6.07 Å². The maximum atomic E-state index is 12.2. The average molecular weight is 373 g/mol. The molecule has 0 saturated carbocycles. The molecule has 1 heterocycles. The minimum absolute atomic E-state index is 0.0460. The van der Waals surface area contributed by atoms with E-state index in [9.17, 15) is 4.79 Å². The summed E-state index contributed by atoms with van der Waals surface area (Å²) in [5.74, 6) is -0.0460. The van der Waals surface area contributed by atoms with Gasteiger partial charge in [-0.2, -0.15) is 5.06 Å². The Morgan fingerprint density at radius 1 is 1.22 bits per heavy atom. The molecule has 1 aromatic carbocycles. The van der Waals surface area contributed by atoms with Gasteiger partial charge in [0.05, 0.1) is 6.61 Å². The molecule has 0 aromatic heterocycles. The zero-order chi connectivity index (χ0) is 20.1. The summed E-state index contributed by atoms with van der Waals surface area (Å²) in [6.45, 7) is 15.1. The molecule has 1 saturated heterocycles. The fraction of sp³-hybridized carbons (Fsp3) is 0.609. The van der Waals surface area contributed by atoms with Crippen LogP contribution in [0.2, 0.25) is 0 Å². The number of nitrogens with zero attached hydrogens (tertiary/aromatic N) is 1. The second kappa shape index (κ2) is 9.03. The quantitative estimate of drug-likeness (QED) is 0.675. The molecule has 1 unspecified atom stereocenters. The smallest absolute Gasteiger partial charge is 0.246 e. The van der Waals surface area contributed by atoms with Gasteiger partial charge in [0.1, 0.15) is 0 Å². The van der Waals surface area contributed by atoms with Gasteiger partial charge in [-0.05, 0) is 58.4 Å². The van der Waals surface area contributed by atoms with Gasteiger partial charge in [-0.15, -0.1) is 0 Å². The molecule has 1 aliphatic rings. The zero-order valence-corrected chi connectivity index (χ0v) is 17.7. The predicted molar refractivity (Wildman–Crippen MR) is 111 cm³/mol. The molecule has 1 amide bonds. The molecule has 1 aromatic rings. The lowest BCUT2D eigenvalue weighted by Crippen LogP contribution is -2.66. The van der Waals surface area contributed by atoms with E-state index in [2.05, 4.69) is 68.9 Å². The van der Waals surface area contributed by atoms with Crippen molar-refractivity contribution in [1.82, 2.24) is 10.4 Å². The molecule has 0 aliphatic carbocycles. The van der Waals surface area contributed by atoms with Crippen molar-refractivity contribution in [3.05, 3.63) is 48.0 Å². The summed E-state index contributed by atoms with van der Waals surface area (Å²) in [7, 11) is 0. The van der Waals surface area contributed by atoms with Crippen LogP contribution in [0.25, 0.3) is 0 Å². The highest BCUT2D eigenvalue weighted by Gasteiger charge is 2.50. The van der Waals surface area contributed by atoms with Crippen LogP contribution in [0, 0.1) is 0 Å². The average Bonchev–Trinajstić information content (AvgIpc) is 2.63. The summed E-state index contributed by atoms with van der Waals surface area (Å²) in [6, 6.07) is 10.6. The Morgan fingerprint density at radius 2 is 1.85 bits per heavy atom. The summed E-state index contributed by atoms with van der Waals surface area (Å²) >= 11 is 0. The molecule has 0 spiro atoms. The molecule has 1 fully saturated rings. The highest BCUT2D eigenvalue weighted by Crippen LogP contribution is 2.43. The van der Waals surface area contributed by atoms with Crippen LogP contribution in [-0.4, -0.2) is 34.7 Å². The van der Waals surface area contributed by atoms with Crippen LogP contribution in [0.5, 0.6) is 0 Å². The summed E-state index contributed by atoms with van der Waals surface area (Å²) in [4.78, 5) is 18.6. The topological polar surface area (TPSA) is 41.6 Å². The largest absolute Gasteiger partial charge is 0.349 e. The van der Waals surface area contributed by atoms with Gasteiger partial charge in [0.2, 0.25) is 5.91 Å². The third-order valence-corrected chi connectivity index (χ3v) is 5.85. The third-order valence-electron chi connectivity index (χ3n) is 5.85. The Hall–Kier alpha value is -1.65. The Bertz CT molecular complexity index is 635. The number of hydrogen-bond donors (Lipinski definition) is 1. The van der Waals surface area contributed by atoms with Crippen molar-refractivity contribution in [2.45, 2.75) is 83.8 Å². The van der Waals surface area contributed by atoms with Gasteiger partial charge in [0.15, 0.2) is 0 Å². The van der Waals surface area contributed by atoms with E-state index in [4.69, 9.17) is 4.84 Å². The zero-order valence-electron chi connectivity index (χ0n) is 17.7. The van der Waals surface area contributed by atoms with Gasteiger partial charge < -0.3 is 5.32 Å². The van der Waals surface area contributed by atoms with Crippen LogP contribution in [0.4, 0.5) is 0 Å². The van der Waals surface area contributed by atoms with E-state index < -0.39 is 0 Å². The Morgan fingerprint density at radius 3 is 2.41 bits per heavy atom. The first-order chi connectivity index (χ1) is 12.7. The van der Waals surface area contributed by atoms with E-state index >= 15 is 0 Å². The molecule has 4 nitrogen and oxygen atoms in total. The summed E-state index contributed by atoms with van der Waals surface area (Å²) in [5, 5.41) is 5.42. The van der Waals surface area contributed by atoms with Crippen molar-refractivity contribution in [2.75, 3.05) is 6.61 Å². The highest BCUT2D eigenvalue weighted by atomic mass is 16.7. The molecule has 1 N–H and O–H groups in total. The van der Waals surface area contributed by atoms with Crippen LogP contribution in [0.3, 0.4) is 0 Å². The summed E-state index contributed by atoms with van der Waals surface area (Å²) in [6.07, 6.45) is 4.62. The molecule has 0 radical (unpaired) electrons. The molecule has 27 heavy (non-hydrogen) atoms. The first kappa shape index (κ1) is 21.6. The maximum Gasteiger partial charge on any atom is 0.246 e. The van der Waals surface area contributed by atoms with Crippen molar-refractivity contribution in [1.29, 1.82) is 0 Å². The Kier molecular flexibility index (Phi) is 7.24. The molecule has 150 valence electrons. The fourth-order valence-corrected chi connectivity index (χ4v) is 4.39. The first-order valence-electron chi connectivity index (χ1n) is 10.2. The van der Waals surface area contributed by atoms with Crippen molar-refractivity contribution in [2.24, 2.45) is 0 Å². The Balaban J connectivity index is 2.12. The minimum atomic E-state index is -0.159.